The summed E-state index contributed by atoms with van der Waals surface area (Å²) in [5.41, 5.74) is 10.4. The normalized spacial score (nSPS) is 11.0. The molecule has 30 heavy (non-hydrogen) atoms. The number of azo groups is 1. The lowest BCUT2D eigenvalue weighted by atomic mass is 10.1. The first-order valence-electron chi connectivity index (χ1n) is 9.27. The number of nitrogens with zero attached hydrogens (tertiary/aromatic N) is 4. The number of rotatable bonds is 5. The maximum absolute atomic E-state index is 6.00. The van der Waals surface area contributed by atoms with Gasteiger partial charge < -0.3 is 10.5 Å². The second-order valence-electron chi connectivity index (χ2n) is 6.43. The average Bonchev–Trinajstić information content (AvgIpc) is 3.19. The molecule has 0 unspecified atom stereocenters. The van der Waals surface area contributed by atoms with Gasteiger partial charge in [-0.25, -0.2) is 4.68 Å². The average molecular weight is 414 g/mol. The van der Waals surface area contributed by atoms with Gasteiger partial charge in [0.2, 0.25) is 0 Å². The molecule has 0 aliphatic carbocycles. The molecule has 1 aromatic heterocycles. The second-order valence-corrected chi connectivity index (χ2v) is 6.85. The van der Waals surface area contributed by atoms with Crippen molar-refractivity contribution < 1.29 is 4.74 Å². The molecule has 0 saturated heterocycles. The van der Waals surface area contributed by atoms with Crippen molar-refractivity contribution in [3.8, 4) is 28.3 Å². The minimum absolute atomic E-state index is 0.133. The summed E-state index contributed by atoms with van der Waals surface area (Å²) in [7, 11) is 1.61. The van der Waals surface area contributed by atoms with E-state index in [1.54, 1.807) is 7.11 Å². The molecule has 4 rings (SSSR count). The van der Waals surface area contributed by atoms with Gasteiger partial charge in [-0.1, -0.05) is 66.7 Å². The molecule has 4 aromatic rings. The third-order valence-electron chi connectivity index (χ3n) is 4.48. The van der Waals surface area contributed by atoms with Gasteiger partial charge in [-0.05, 0) is 24.4 Å². The fourth-order valence-electron chi connectivity index (χ4n) is 3.09. The molecule has 2 N–H and O–H groups in total. The zero-order valence-corrected chi connectivity index (χ0v) is 17.1. The number of methoxy groups -OCH3 is 1. The van der Waals surface area contributed by atoms with E-state index in [9.17, 15) is 0 Å². The van der Waals surface area contributed by atoms with Crippen molar-refractivity contribution in [2.24, 2.45) is 16.0 Å². The Bertz CT molecular complexity index is 1200. The van der Waals surface area contributed by atoms with Crippen LogP contribution in [0.5, 0.6) is 5.75 Å². The van der Waals surface area contributed by atoms with Crippen molar-refractivity contribution in [1.82, 2.24) is 9.78 Å². The largest absolute Gasteiger partial charge is 0.497 e. The highest BCUT2D eigenvalue weighted by Crippen LogP contribution is 2.40. The van der Waals surface area contributed by atoms with Crippen molar-refractivity contribution in [1.29, 1.82) is 0 Å². The molecular formula is C23H19N5OS. The molecule has 6 nitrogen and oxygen atoms in total. The molecule has 0 radical (unpaired) electrons. The van der Waals surface area contributed by atoms with E-state index in [1.807, 2.05) is 84.9 Å². The predicted octanol–water partition coefficient (Wildman–Crippen LogP) is 5.73. The van der Waals surface area contributed by atoms with Crippen LogP contribution in [0.4, 0.5) is 11.4 Å². The van der Waals surface area contributed by atoms with Gasteiger partial charge >= 0.3 is 0 Å². The summed E-state index contributed by atoms with van der Waals surface area (Å²) in [4.78, 5) is 0. The fourth-order valence-corrected chi connectivity index (χ4v) is 3.22. The number of ether oxygens (including phenoxy) is 1. The molecule has 148 valence electrons. The highest BCUT2D eigenvalue weighted by molar-refractivity contribution is 7.80. The van der Waals surface area contributed by atoms with Crippen molar-refractivity contribution in [2.45, 2.75) is 0 Å². The molecule has 1 heterocycles. The summed E-state index contributed by atoms with van der Waals surface area (Å²) in [6, 6.07) is 26.9. The van der Waals surface area contributed by atoms with Crippen LogP contribution in [0.15, 0.2) is 95.2 Å². The molecule has 0 spiro atoms. The van der Waals surface area contributed by atoms with Crippen LogP contribution in [0, 0.1) is 0 Å². The highest BCUT2D eigenvalue weighted by atomic mass is 32.1. The van der Waals surface area contributed by atoms with E-state index in [2.05, 4.69) is 15.3 Å². The number of aromatic nitrogens is 2. The first kappa shape index (κ1) is 19.5. The minimum atomic E-state index is 0.133. The van der Waals surface area contributed by atoms with E-state index in [0.29, 0.717) is 28.5 Å². The highest BCUT2D eigenvalue weighted by Gasteiger charge is 2.22. The molecule has 0 saturated carbocycles. The lowest BCUT2D eigenvalue weighted by Gasteiger charge is -2.06. The molecule has 0 bridgehead atoms. The van der Waals surface area contributed by atoms with Gasteiger partial charge in [0.25, 0.3) is 0 Å². The first-order valence-corrected chi connectivity index (χ1v) is 9.67. The van der Waals surface area contributed by atoms with E-state index in [0.717, 1.165) is 11.1 Å². The zero-order valence-electron chi connectivity index (χ0n) is 16.3. The summed E-state index contributed by atoms with van der Waals surface area (Å²) in [6.45, 7) is 0. The Kier molecular flexibility index (Phi) is 5.63. The van der Waals surface area contributed by atoms with Crippen molar-refractivity contribution in [2.75, 3.05) is 7.11 Å². The van der Waals surface area contributed by atoms with Crippen LogP contribution < -0.4 is 10.5 Å². The zero-order chi connectivity index (χ0) is 20.9. The molecule has 0 atom stereocenters. The van der Waals surface area contributed by atoms with Gasteiger partial charge in [0, 0.05) is 17.2 Å². The van der Waals surface area contributed by atoms with Crippen LogP contribution >= 0.6 is 12.2 Å². The SMILES string of the molecule is COc1cccc(N=Nc2c(-c3ccccc3)nn(C(N)=S)c2-c2ccccc2)c1. The fraction of sp³-hybridized carbons (Fsp3) is 0.0435. The van der Waals surface area contributed by atoms with Gasteiger partial charge in [0.15, 0.2) is 5.11 Å². The number of hydrogen-bond donors (Lipinski definition) is 1. The number of hydrogen-bond acceptors (Lipinski definition) is 5. The summed E-state index contributed by atoms with van der Waals surface area (Å²) in [6.07, 6.45) is 0. The smallest absolute Gasteiger partial charge is 0.191 e. The third kappa shape index (κ3) is 3.97. The molecule has 3 aromatic carbocycles. The van der Waals surface area contributed by atoms with E-state index in [4.69, 9.17) is 22.7 Å². The second kappa shape index (κ2) is 8.67. The third-order valence-corrected chi connectivity index (χ3v) is 4.66. The Labute approximate surface area is 179 Å². The van der Waals surface area contributed by atoms with Crippen LogP contribution in [0.1, 0.15) is 0 Å². The molecule has 0 aliphatic rings. The van der Waals surface area contributed by atoms with Crippen LogP contribution in [0.3, 0.4) is 0 Å². The summed E-state index contributed by atoms with van der Waals surface area (Å²) in [5.74, 6) is 0.705. The summed E-state index contributed by atoms with van der Waals surface area (Å²) in [5, 5.41) is 13.8. The van der Waals surface area contributed by atoms with Gasteiger partial charge in [-0.15, -0.1) is 5.11 Å². The van der Waals surface area contributed by atoms with Crippen LogP contribution in [-0.2, 0) is 0 Å². The maximum Gasteiger partial charge on any atom is 0.191 e. The van der Waals surface area contributed by atoms with Gasteiger partial charge in [-0.2, -0.15) is 10.2 Å². The van der Waals surface area contributed by atoms with Crippen molar-refractivity contribution >= 4 is 28.7 Å². The standard InChI is InChI=1S/C23H19N5OS/c1-29-19-14-8-13-18(15-19)25-26-21-20(16-9-4-2-5-10-16)27-28(23(24)30)22(21)17-11-6-3-7-12-17/h2-15H,1H3,(H2,24,30). The minimum Gasteiger partial charge on any atom is -0.497 e. The Morgan fingerprint density at radius 3 is 2.20 bits per heavy atom. The van der Waals surface area contributed by atoms with E-state index >= 15 is 0 Å². The Balaban J connectivity index is 1.93. The van der Waals surface area contributed by atoms with Gasteiger partial charge in [0.1, 0.15) is 22.8 Å². The Hall–Kier alpha value is -3.84. The Morgan fingerprint density at radius 1 is 0.900 bits per heavy atom. The first-order chi connectivity index (χ1) is 14.7. The maximum atomic E-state index is 6.00. The van der Waals surface area contributed by atoms with Crippen LogP contribution in [0.2, 0.25) is 0 Å². The van der Waals surface area contributed by atoms with Crippen molar-refractivity contribution in [3.05, 3.63) is 84.9 Å². The quantitative estimate of drug-likeness (QED) is 0.335. The predicted molar refractivity (Wildman–Crippen MR) is 122 cm³/mol. The van der Waals surface area contributed by atoms with Gasteiger partial charge in [-0.3, -0.25) is 0 Å². The summed E-state index contributed by atoms with van der Waals surface area (Å²) < 4.78 is 6.81. The van der Waals surface area contributed by atoms with E-state index in [-0.39, 0.29) is 5.11 Å². The van der Waals surface area contributed by atoms with E-state index in [1.165, 1.54) is 4.68 Å². The van der Waals surface area contributed by atoms with Crippen LogP contribution in [0.25, 0.3) is 22.5 Å². The molecular weight excluding hydrogens is 394 g/mol. The number of benzene rings is 3. The monoisotopic (exact) mass is 413 g/mol. The molecule has 0 amide bonds. The molecule has 7 heteroatoms. The molecule has 0 fully saturated rings. The number of nitrogens with two attached hydrogens (primary N) is 1. The van der Waals surface area contributed by atoms with Crippen LogP contribution in [-0.4, -0.2) is 22.0 Å². The van der Waals surface area contributed by atoms with E-state index < -0.39 is 0 Å². The topological polar surface area (TPSA) is 77.8 Å². The lowest BCUT2D eigenvalue weighted by Crippen LogP contribution is -2.21. The van der Waals surface area contributed by atoms with Gasteiger partial charge in [0.05, 0.1) is 12.8 Å². The molecule has 0 aliphatic heterocycles. The summed E-state index contributed by atoms with van der Waals surface area (Å²) >= 11 is 5.27. The van der Waals surface area contributed by atoms with Crippen molar-refractivity contribution in [3.63, 3.8) is 0 Å². The number of thiocarbonyl (C=S) groups is 1. The lowest BCUT2D eigenvalue weighted by molar-refractivity contribution is 0.415. The Morgan fingerprint density at radius 2 is 1.57 bits per heavy atom.